The molecule has 9 heteroatoms. The molecule has 0 aromatic heterocycles. The van der Waals surface area contributed by atoms with Gasteiger partial charge in [-0.15, -0.1) is 0 Å². The number of likely N-dealkylation sites (N-methyl/N-ethyl adjacent to an activating group) is 1. The lowest BCUT2D eigenvalue weighted by atomic mass is 9.90. The first kappa shape index (κ1) is 32.8. The molecule has 0 bridgehead atoms. The van der Waals surface area contributed by atoms with Crippen LogP contribution in [0.3, 0.4) is 0 Å². The Hall–Kier alpha value is -3.09. The largest absolute Gasteiger partial charge is 0.444 e. The molecule has 2 aliphatic heterocycles. The number of likely N-dealkylation sites (tertiary alicyclic amines) is 1. The number of amides is 1. The number of anilines is 1. The summed E-state index contributed by atoms with van der Waals surface area (Å²) >= 11 is 0. The van der Waals surface area contributed by atoms with Crippen molar-refractivity contribution in [3.63, 3.8) is 0 Å². The SMILES string of the molecule is C=C(CCN(c1cccc2c1CCCC2)C(C)OC[C@@H]1CCCN1C)C(=N)N1CCN(C(=O)OC(C)(C)C)[C@@H](CC#N)C1. The molecule has 1 unspecified atom stereocenters. The molecule has 1 amide bonds. The topological polar surface area (TPSA) is 96.1 Å². The fourth-order valence-electron chi connectivity index (χ4n) is 6.56. The van der Waals surface area contributed by atoms with E-state index >= 15 is 0 Å². The van der Waals surface area contributed by atoms with Crippen LogP contribution in [0.15, 0.2) is 30.4 Å². The van der Waals surface area contributed by atoms with Crippen LogP contribution in [0.2, 0.25) is 0 Å². The van der Waals surface area contributed by atoms with Crippen molar-refractivity contribution < 1.29 is 14.3 Å². The van der Waals surface area contributed by atoms with E-state index in [-0.39, 0.29) is 18.7 Å². The van der Waals surface area contributed by atoms with Gasteiger partial charge in [0, 0.05) is 37.9 Å². The molecule has 0 spiro atoms. The van der Waals surface area contributed by atoms with E-state index in [4.69, 9.17) is 14.9 Å². The number of nitriles is 1. The Balaban J connectivity index is 1.43. The van der Waals surface area contributed by atoms with Crippen LogP contribution >= 0.6 is 0 Å². The number of fused-ring (bicyclic) bond motifs is 1. The number of carbonyl (C=O) groups excluding carboxylic acids is 1. The molecule has 1 N–H and O–H groups in total. The second kappa shape index (κ2) is 14.6. The summed E-state index contributed by atoms with van der Waals surface area (Å²) < 4.78 is 12.1. The molecule has 4 rings (SSSR count). The summed E-state index contributed by atoms with van der Waals surface area (Å²) in [6, 6.07) is 8.98. The van der Waals surface area contributed by atoms with E-state index in [0.29, 0.717) is 51.1 Å². The minimum atomic E-state index is -0.607. The Morgan fingerprint density at radius 3 is 2.65 bits per heavy atom. The van der Waals surface area contributed by atoms with Crippen molar-refractivity contribution in [3.05, 3.63) is 41.5 Å². The van der Waals surface area contributed by atoms with Crippen molar-refractivity contribution in [2.45, 2.75) is 103 Å². The Morgan fingerprint density at radius 2 is 1.95 bits per heavy atom. The lowest BCUT2D eigenvalue weighted by Gasteiger charge is -2.42. The van der Waals surface area contributed by atoms with Gasteiger partial charge in [-0.25, -0.2) is 4.79 Å². The number of nitrogens with one attached hydrogen (secondary N) is 1. The van der Waals surface area contributed by atoms with Gasteiger partial charge in [0.05, 0.1) is 25.1 Å². The monoisotopic (exact) mass is 592 g/mol. The highest BCUT2D eigenvalue weighted by atomic mass is 16.6. The number of ether oxygens (including phenoxy) is 2. The standard InChI is InChI=1S/C34H52N6O3/c1-25(32(36)38-21-22-40(28(23-38)16-18-35)33(41)43-34(3,4)5)17-20-39(26(2)42-24-29-13-10-19-37(29)6)31-15-9-12-27-11-7-8-14-30(27)31/h9,12,15,26,28-29,36H,1,7-8,10-11,13-14,16-17,19-24H2,2-6H3/t26?,28-,29-/m0/s1. The number of benzene rings is 1. The van der Waals surface area contributed by atoms with Crippen LogP contribution in [0.4, 0.5) is 10.5 Å². The predicted molar refractivity (Wildman–Crippen MR) is 172 cm³/mol. The highest BCUT2D eigenvalue weighted by molar-refractivity contribution is 5.95. The normalized spacial score (nSPS) is 21.6. The van der Waals surface area contributed by atoms with Crippen LogP contribution < -0.4 is 4.90 Å². The van der Waals surface area contributed by atoms with Crippen molar-refractivity contribution in [2.24, 2.45) is 0 Å². The third kappa shape index (κ3) is 8.51. The molecule has 2 saturated heterocycles. The minimum absolute atomic E-state index is 0.109. The van der Waals surface area contributed by atoms with E-state index in [9.17, 15) is 10.1 Å². The number of hydrogen-bond acceptors (Lipinski definition) is 7. The van der Waals surface area contributed by atoms with Crippen LogP contribution in [0.5, 0.6) is 0 Å². The van der Waals surface area contributed by atoms with Gasteiger partial charge < -0.3 is 29.1 Å². The minimum Gasteiger partial charge on any atom is -0.444 e. The van der Waals surface area contributed by atoms with Crippen molar-refractivity contribution in [1.82, 2.24) is 14.7 Å². The van der Waals surface area contributed by atoms with E-state index in [2.05, 4.69) is 54.6 Å². The van der Waals surface area contributed by atoms with Crippen LogP contribution in [-0.4, -0.2) is 96.9 Å². The van der Waals surface area contributed by atoms with E-state index in [1.54, 1.807) is 4.90 Å². The van der Waals surface area contributed by atoms with E-state index in [0.717, 1.165) is 25.0 Å². The Morgan fingerprint density at radius 1 is 1.19 bits per heavy atom. The Kier molecular flexibility index (Phi) is 11.1. The maximum absolute atomic E-state index is 12.8. The maximum atomic E-state index is 12.8. The van der Waals surface area contributed by atoms with Gasteiger partial charge >= 0.3 is 6.09 Å². The Bertz CT molecular complexity index is 1190. The molecule has 3 aliphatic rings. The summed E-state index contributed by atoms with van der Waals surface area (Å²) in [6.07, 6.45) is 7.33. The molecule has 1 aromatic rings. The Labute approximate surface area is 258 Å². The second-order valence-electron chi connectivity index (χ2n) is 13.4. The number of rotatable bonds is 10. The number of hydrogen-bond donors (Lipinski definition) is 1. The molecule has 1 aromatic carbocycles. The summed E-state index contributed by atoms with van der Waals surface area (Å²) in [5.41, 5.74) is 4.25. The van der Waals surface area contributed by atoms with Crippen molar-refractivity contribution in [3.8, 4) is 6.07 Å². The molecule has 43 heavy (non-hydrogen) atoms. The van der Waals surface area contributed by atoms with Gasteiger partial charge in [0.1, 0.15) is 17.7 Å². The highest BCUT2D eigenvalue weighted by Gasteiger charge is 2.34. The molecule has 9 nitrogen and oxygen atoms in total. The van der Waals surface area contributed by atoms with E-state index in [1.807, 2.05) is 25.7 Å². The molecule has 2 heterocycles. The quantitative estimate of drug-likeness (QED) is 0.215. The third-order valence-corrected chi connectivity index (χ3v) is 9.06. The number of piperazine rings is 1. The predicted octanol–water partition coefficient (Wildman–Crippen LogP) is 5.59. The number of nitrogens with zero attached hydrogens (tertiary/aromatic N) is 5. The van der Waals surface area contributed by atoms with Gasteiger partial charge in [0.25, 0.3) is 0 Å². The van der Waals surface area contributed by atoms with Crippen LogP contribution in [0.25, 0.3) is 0 Å². The fraction of sp³-hybridized carbons (Fsp3) is 0.676. The molecule has 236 valence electrons. The molecule has 0 radical (unpaired) electrons. The number of aryl methyl sites for hydroxylation is 1. The lowest BCUT2D eigenvalue weighted by Crippen LogP contribution is -2.57. The van der Waals surface area contributed by atoms with Crippen molar-refractivity contribution in [1.29, 1.82) is 10.7 Å². The van der Waals surface area contributed by atoms with E-state index in [1.165, 1.54) is 42.5 Å². The first-order valence-electron chi connectivity index (χ1n) is 16.1. The average molecular weight is 593 g/mol. The zero-order valence-electron chi connectivity index (χ0n) is 27.0. The third-order valence-electron chi connectivity index (χ3n) is 9.06. The van der Waals surface area contributed by atoms with Crippen LogP contribution in [0.1, 0.15) is 77.3 Å². The van der Waals surface area contributed by atoms with Crippen LogP contribution in [-0.2, 0) is 22.3 Å². The van der Waals surface area contributed by atoms with E-state index < -0.39 is 11.7 Å². The zero-order valence-corrected chi connectivity index (χ0v) is 27.0. The molecule has 1 aliphatic carbocycles. The summed E-state index contributed by atoms with van der Waals surface area (Å²) in [5.74, 6) is 0.378. The molecular formula is C34H52N6O3. The number of amidine groups is 1. The van der Waals surface area contributed by atoms with Gasteiger partial charge in [-0.3, -0.25) is 5.41 Å². The maximum Gasteiger partial charge on any atom is 0.410 e. The first-order chi connectivity index (χ1) is 20.5. The molecular weight excluding hydrogens is 540 g/mol. The van der Waals surface area contributed by atoms with Crippen molar-refractivity contribution in [2.75, 3.05) is 51.3 Å². The van der Waals surface area contributed by atoms with Gasteiger partial charge in [-0.1, -0.05) is 18.7 Å². The molecule has 2 fully saturated rings. The van der Waals surface area contributed by atoms with Crippen molar-refractivity contribution >= 4 is 17.6 Å². The summed E-state index contributed by atoms with van der Waals surface area (Å²) in [7, 11) is 2.18. The van der Waals surface area contributed by atoms with Crippen LogP contribution in [0, 0.1) is 16.7 Å². The summed E-state index contributed by atoms with van der Waals surface area (Å²) in [5, 5.41) is 18.5. The van der Waals surface area contributed by atoms with Gasteiger partial charge in [0.15, 0.2) is 0 Å². The molecule has 0 saturated carbocycles. The highest BCUT2D eigenvalue weighted by Crippen LogP contribution is 2.32. The number of carbonyl (C=O) groups is 1. The van der Waals surface area contributed by atoms with Gasteiger partial charge in [0.2, 0.25) is 0 Å². The zero-order chi connectivity index (χ0) is 31.1. The fourth-order valence-corrected chi connectivity index (χ4v) is 6.56. The molecule has 3 atom stereocenters. The lowest BCUT2D eigenvalue weighted by molar-refractivity contribution is 0.00584. The smallest absolute Gasteiger partial charge is 0.410 e. The second-order valence-corrected chi connectivity index (χ2v) is 13.4. The first-order valence-corrected chi connectivity index (χ1v) is 16.1. The van der Waals surface area contributed by atoms with Gasteiger partial charge in [-0.2, -0.15) is 5.26 Å². The average Bonchev–Trinajstić information content (AvgIpc) is 3.39. The summed E-state index contributed by atoms with van der Waals surface area (Å²) in [4.78, 5) is 21.2. The summed E-state index contributed by atoms with van der Waals surface area (Å²) in [6.45, 7) is 15.8. The van der Waals surface area contributed by atoms with Gasteiger partial charge in [-0.05, 0) is 109 Å².